The molecule has 26 heavy (non-hydrogen) atoms. The molecule has 130 valence electrons. The maximum absolute atomic E-state index is 12.4. The van der Waals surface area contributed by atoms with Crippen molar-refractivity contribution < 1.29 is 19.8 Å². The molecule has 1 aromatic heterocycles. The molecule has 2 N–H and O–H groups in total. The van der Waals surface area contributed by atoms with Gasteiger partial charge in [0.25, 0.3) is 0 Å². The van der Waals surface area contributed by atoms with E-state index in [9.17, 15) is 19.8 Å². The van der Waals surface area contributed by atoms with Gasteiger partial charge >= 0.3 is 5.97 Å². The number of phenols is 1. The number of carboxylic acid groups (broad SMARTS) is 1. The van der Waals surface area contributed by atoms with Gasteiger partial charge in [0.15, 0.2) is 5.78 Å². The monoisotopic (exact) mass is 347 g/mol. The molecule has 4 rings (SSSR count). The summed E-state index contributed by atoms with van der Waals surface area (Å²) in [5.41, 5.74) is 3.83. The first-order chi connectivity index (χ1) is 12.6. The number of aromatic nitrogens is 1. The number of carbonyl (C=O) groups excluding carboxylic acids is 1. The van der Waals surface area contributed by atoms with Crippen LogP contribution >= 0.6 is 0 Å². The van der Waals surface area contributed by atoms with Crippen LogP contribution in [-0.4, -0.2) is 26.5 Å². The Hall–Kier alpha value is -3.34. The fourth-order valence-corrected chi connectivity index (χ4v) is 3.54. The van der Waals surface area contributed by atoms with Gasteiger partial charge in [-0.05, 0) is 42.7 Å². The smallest absolute Gasteiger partial charge is 0.339 e. The molecule has 0 unspecified atom stereocenters. The highest BCUT2D eigenvalue weighted by atomic mass is 16.4. The number of hydrogen-bond acceptors (Lipinski definition) is 3. The fourth-order valence-electron chi connectivity index (χ4n) is 3.54. The molecule has 0 aliphatic heterocycles. The van der Waals surface area contributed by atoms with Crippen molar-refractivity contribution >= 4 is 11.8 Å². The van der Waals surface area contributed by atoms with Gasteiger partial charge in [0, 0.05) is 23.4 Å². The van der Waals surface area contributed by atoms with Gasteiger partial charge in [0.1, 0.15) is 11.3 Å². The minimum Gasteiger partial charge on any atom is -0.507 e. The molecule has 0 bridgehead atoms. The predicted octanol–water partition coefficient (Wildman–Crippen LogP) is 4.07. The van der Waals surface area contributed by atoms with Crippen molar-refractivity contribution in [2.45, 2.75) is 19.3 Å². The van der Waals surface area contributed by atoms with E-state index in [2.05, 4.69) is 0 Å². The van der Waals surface area contributed by atoms with Crippen LogP contribution in [0.4, 0.5) is 0 Å². The normalized spacial score (nSPS) is 13.5. The highest BCUT2D eigenvalue weighted by Gasteiger charge is 2.25. The largest absolute Gasteiger partial charge is 0.507 e. The lowest BCUT2D eigenvalue weighted by molar-refractivity contribution is 0.0693. The summed E-state index contributed by atoms with van der Waals surface area (Å²) >= 11 is 0. The first kappa shape index (κ1) is 16.1. The molecule has 0 spiro atoms. The van der Waals surface area contributed by atoms with Crippen molar-refractivity contribution in [3.05, 3.63) is 71.4 Å². The van der Waals surface area contributed by atoms with Gasteiger partial charge < -0.3 is 14.8 Å². The van der Waals surface area contributed by atoms with Crippen molar-refractivity contribution in [3.63, 3.8) is 0 Å². The Morgan fingerprint density at radius 3 is 2.50 bits per heavy atom. The summed E-state index contributed by atoms with van der Waals surface area (Å²) in [6.45, 7) is 0. The minimum absolute atomic E-state index is 0.111. The number of carboxylic acids is 1. The number of fused-ring (bicyclic) bond motifs is 1. The van der Waals surface area contributed by atoms with Crippen LogP contribution in [0.5, 0.6) is 5.75 Å². The van der Waals surface area contributed by atoms with Crippen molar-refractivity contribution in [1.29, 1.82) is 0 Å². The Labute approximate surface area is 150 Å². The summed E-state index contributed by atoms with van der Waals surface area (Å²) in [6, 6.07) is 16.1. The first-order valence-electron chi connectivity index (χ1n) is 8.46. The summed E-state index contributed by atoms with van der Waals surface area (Å²) in [5.74, 6) is -1.36. The summed E-state index contributed by atoms with van der Waals surface area (Å²) < 4.78 is 1.94. The van der Waals surface area contributed by atoms with E-state index in [1.54, 1.807) is 6.07 Å². The third-order valence-electron chi connectivity index (χ3n) is 4.76. The standard InChI is InChI=1S/C21H17NO4/c23-19-8-4-7-17-15(19)12-18(13-5-2-1-3-6-13)22(17)14-9-10-20(24)16(11-14)21(25)26/h1-3,5-6,9-12,24H,4,7-8H2,(H,25,26). The first-order valence-corrected chi connectivity index (χ1v) is 8.46. The Morgan fingerprint density at radius 2 is 1.77 bits per heavy atom. The lowest BCUT2D eigenvalue weighted by Crippen LogP contribution is -2.13. The number of ketones is 1. The maximum Gasteiger partial charge on any atom is 0.339 e. The molecule has 0 atom stereocenters. The van der Waals surface area contributed by atoms with Crippen LogP contribution in [0.1, 0.15) is 39.3 Å². The number of nitrogens with zero attached hydrogens (tertiary/aromatic N) is 1. The summed E-state index contributed by atoms with van der Waals surface area (Å²) in [5, 5.41) is 19.2. The van der Waals surface area contributed by atoms with Gasteiger partial charge in [-0.1, -0.05) is 30.3 Å². The number of hydrogen-bond donors (Lipinski definition) is 2. The van der Waals surface area contributed by atoms with Crippen molar-refractivity contribution in [2.24, 2.45) is 0 Å². The van der Waals surface area contributed by atoms with Crippen LogP contribution in [0.15, 0.2) is 54.6 Å². The van der Waals surface area contributed by atoms with Gasteiger partial charge in [0.2, 0.25) is 0 Å². The van der Waals surface area contributed by atoms with Crippen LogP contribution in [0.2, 0.25) is 0 Å². The summed E-state index contributed by atoms with van der Waals surface area (Å²) in [4.78, 5) is 23.8. The van der Waals surface area contributed by atoms with Crippen molar-refractivity contribution in [1.82, 2.24) is 4.57 Å². The average molecular weight is 347 g/mol. The fraction of sp³-hybridized carbons (Fsp3) is 0.143. The molecule has 1 aliphatic rings. The Morgan fingerprint density at radius 1 is 1.00 bits per heavy atom. The highest BCUT2D eigenvalue weighted by molar-refractivity contribution is 6.00. The van der Waals surface area contributed by atoms with Gasteiger partial charge in [-0.3, -0.25) is 4.79 Å². The van der Waals surface area contributed by atoms with Crippen molar-refractivity contribution in [2.75, 3.05) is 0 Å². The van der Waals surface area contributed by atoms with Gasteiger partial charge in [0.05, 0.1) is 5.69 Å². The quantitative estimate of drug-likeness (QED) is 0.748. The zero-order valence-corrected chi connectivity index (χ0v) is 14.0. The molecule has 3 aromatic rings. The Bertz CT molecular complexity index is 1020. The Balaban J connectivity index is 2.00. The molecule has 5 heteroatoms. The SMILES string of the molecule is O=C(O)c1cc(-n2c(-c3ccccc3)cc3c2CCCC3=O)ccc1O. The third-order valence-corrected chi connectivity index (χ3v) is 4.76. The van der Waals surface area contributed by atoms with E-state index in [4.69, 9.17) is 0 Å². The number of aromatic carboxylic acids is 1. The second-order valence-electron chi connectivity index (χ2n) is 6.37. The van der Waals surface area contributed by atoms with Gasteiger partial charge in [-0.25, -0.2) is 4.79 Å². The van der Waals surface area contributed by atoms with E-state index in [0.29, 0.717) is 17.7 Å². The molecule has 1 heterocycles. The van der Waals surface area contributed by atoms with E-state index in [1.807, 2.05) is 41.0 Å². The van der Waals surface area contributed by atoms with E-state index in [-0.39, 0.29) is 17.1 Å². The highest BCUT2D eigenvalue weighted by Crippen LogP contribution is 2.35. The van der Waals surface area contributed by atoms with Crippen LogP contribution in [-0.2, 0) is 6.42 Å². The van der Waals surface area contributed by atoms with Crippen LogP contribution in [0.25, 0.3) is 16.9 Å². The number of benzene rings is 2. The lowest BCUT2D eigenvalue weighted by atomic mass is 9.96. The number of Topliss-reactive ketones (excluding diaryl/α,β-unsaturated/α-hetero) is 1. The molecule has 1 aliphatic carbocycles. The van der Waals surface area contributed by atoms with Crippen LogP contribution in [0.3, 0.4) is 0 Å². The molecule has 2 aromatic carbocycles. The molecular formula is C21H17NO4. The molecule has 0 saturated carbocycles. The van der Waals surface area contributed by atoms with Crippen molar-refractivity contribution in [3.8, 4) is 22.7 Å². The zero-order chi connectivity index (χ0) is 18.3. The lowest BCUT2D eigenvalue weighted by Gasteiger charge is -2.17. The predicted molar refractivity (Wildman–Crippen MR) is 97.1 cm³/mol. The summed E-state index contributed by atoms with van der Waals surface area (Å²) in [7, 11) is 0. The number of carbonyl (C=O) groups is 2. The topological polar surface area (TPSA) is 79.5 Å². The Kier molecular flexibility index (Phi) is 3.84. The third kappa shape index (κ3) is 2.58. The second-order valence-corrected chi connectivity index (χ2v) is 6.37. The molecule has 0 amide bonds. The van der Waals surface area contributed by atoms with Crippen LogP contribution < -0.4 is 0 Å². The number of rotatable bonds is 3. The van der Waals surface area contributed by atoms with E-state index in [0.717, 1.165) is 29.8 Å². The van der Waals surface area contributed by atoms with Gasteiger partial charge in [-0.15, -0.1) is 0 Å². The molecular weight excluding hydrogens is 330 g/mol. The molecule has 0 radical (unpaired) electrons. The molecule has 5 nitrogen and oxygen atoms in total. The van der Waals surface area contributed by atoms with Crippen LogP contribution in [0, 0.1) is 0 Å². The van der Waals surface area contributed by atoms with E-state index in [1.165, 1.54) is 12.1 Å². The zero-order valence-electron chi connectivity index (χ0n) is 14.0. The van der Waals surface area contributed by atoms with Gasteiger partial charge in [-0.2, -0.15) is 0 Å². The maximum atomic E-state index is 12.4. The second kappa shape index (κ2) is 6.19. The average Bonchev–Trinajstić information content (AvgIpc) is 3.04. The summed E-state index contributed by atoms with van der Waals surface area (Å²) in [6.07, 6.45) is 2.05. The van der Waals surface area contributed by atoms with E-state index >= 15 is 0 Å². The minimum atomic E-state index is -1.19. The molecule has 0 saturated heterocycles. The molecule has 0 fully saturated rings. The number of aromatic hydroxyl groups is 1. The van der Waals surface area contributed by atoms with E-state index < -0.39 is 5.97 Å².